The monoisotopic (exact) mass is 261 g/mol. The van der Waals surface area contributed by atoms with Crippen LogP contribution >= 0.6 is 0 Å². The fourth-order valence-corrected chi connectivity index (χ4v) is 1.77. The Balaban J connectivity index is 1.95. The number of rotatable bonds is 6. The van der Waals surface area contributed by atoms with E-state index in [2.05, 4.69) is 10.3 Å². The molecule has 0 spiro atoms. The maximum absolute atomic E-state index is 10.9. The van der Waals surface area contributed by atoms with Crippen LogP contribution in [0.25, 0.3) is 0 Å². The molecule has 0 aromatic carbocycles. The van der Waals surface area contributed by atoms with E-state index in [9.17, 15) is 10.1 Å². The summed E-state index contributed by atoms with van der Waals surface area (Å²) < 4.78 is 5.24. The van der Waals surface area contributed by atoms with Gasteiger partial charge in [-0.05, 0) is 31.5 Å². The first-order valence-electron chi connectivity index (χ1n) is 6.05. The molecule has 1 unspecified atom stereocenters. The summed E-state index contributed by atoms with van der Waals surface area (Å²) in [7, 11) is 0. The van der Waals surface area contributed by atoms with Gasteiger partial charge in [0.2, 0.25) is 5.82 Å². The van der Waals surface area contributed by atoms with Crippen LogP contribution < -0.4 is 5.32 Å². The average molecular weight is 261 g/mol. The van der Waals surface area contributed by atoms with Crippen LogP contribution in [0.3, 0.4) is 0 Å². The van der Waals surface area contributed by atoms with Crippen LogP contribution in [0.1, 0.15) is 19.1 Å². The van der Waals surface area contributed by atoms with Crippen molar-refractivity contribution in [2.45, 2.75) is 25.8 Å². The lowest BCUT2D eigenvalue weighted by Gasteiger charge is -2.13. The van der Waals surface area contributed by atoms with Crippen molar-refractivity contribution in [1.29, 1.82) is 0 Å². The maximum atomic E-state index is 10.9. The molecule has 0 aliphatic heterocycles. The van der Waals surface area contributed by atoms with Crippen molar-refractivity contribution in [2.75, 3.05) is 5.32 Å². The second-order valence-corrected chi connectivity index (χ2v) is 4.29. The van der Waals surface area contributed by atoms with Gasteiger partial charge in [-0.3, -0.25) is 10.1 Å². The van der Waals surface area contributed by atoms with Crippen molar-refractivity contribution in [1.82, 2.24) is 4.98 Å². The van der Waals surface area contributed by atoms with E-state index in [0.29, 0.717) is 5.82 Å². The highest BCUT2D eigenvalue weighted by atomic mass is 16.6. The van der Waals surface area contributed by atoms with Crippen molar-refractivity contribution in [3.63, 3.8) is 0 Å². The summed E-state index contributed by atoms with van der Waals surface area (Å²) in [5.41, 5.74) is -0.00708. The van der Waals surface area contributed by atoms with Gasteiger partial charge in [0.05, 0.1) is 11.2 Å². The Morgan fingerprint density at radius 1 is 1.47 bits per heavy atom. The zero-order valence-corrected chi connectivity index (χ0v) is 10.6. The normalized spacial score (nSPS) is 12.1. The van der Waals surface area contributed by atoms with E-state index in [4.69, 9.17) is 4.42 Å². The molecule has 6 heteroatoms. The number of aromatic nitrogens is 1. The number of pyridine rings is 1. The van der Waals surface area contributed by atoms with Gasteiger partial charge in [0.1, 0.15) is 5.76 Å². The Kier molecular flexibility index (Phi) is 4.12. The highest BCUT2D eigenvalue weighted by Gasteiger charge is 2.15. The van der Waals surface area contributed by atoms with Crippen LogP contribution in [0.2, 0.25) is 0 Å². The molecule has 0 saturated heterocycles. The summed E-state index contributed by atoms with van der Waals surface area (Å²) in [6.45, 7) is 1.96. The summed E-state index contributed by atoms with van der Waals surface area (Å²) in [6, 6.07) is 6.82. The molecule has 6 nitrogen and oxygen atoms in total. The Bertz CT molecular complexity index is 540. The molecule has 1 atom stereocenters. The number of anilines is 1. The second-order valence-electron chi connectivity index (χ2n) is 4.29. The number of nitrogens with zero attached hydrogens (tertiary/aromatic N) is 2. The number of nitrogens with one attached hydrogen (secondary N) is 1. The molecule has 0 fully saturated rings. The van der Waals surface area contributed by atoms with E-state index >= 15 is 0 Å². The largest absolute Gasteiger partial charge is 0.469 e. The summed E-state index contributed by atoms with van der Waals surface area (Å²) in [5, 5.41) is 13.9. The van der Waals surface area contributed by atoms with Gasteiger partial charge < -0.3 is 9.73 Å². The van der Waals surface area contributed by atoms with Crippen LogP contribution in [0.4, 0.5) is 11.5 Å². The van der Waals surface area contributed by atoms with Crippen molar-refractivity contribution < 1.29 is 9.34 Å². The molecule has 1 N–H and O–H groups in total. The minimum atomic E-state index is -0.436. The van der Waals surface area contributed by atoms with Gasteiger partial charge in [-0.2, -0.15) is 0 Å². The minimum Gasteiger partial charge on any atom is -0.469 e. The lowest BCUT2D eigenvalue weighted by molar-refractivity contribution is -0.384. The Labute approximate surface area is 110 Å². The second kappa shape index (κ2) is 5.99. The van der Waals surface area contributed by atoms with Crippen molar-refractivity contribution in [2.24, 2.45) is 0 Å². The van der Waals surface area contributed by atoms with E-state index in [1.165, 1.54) is 12.3 Å². The average Bonchev–Trinajstić information content (AvgIpc) is 2.90. The van der Waals surface area contributed by atoms with Gasteiger partial charge in [0, 0.05) is 24.7 Å². The van der Waals surface area contributed by atoms with Crippen LogP contribution in [-0.4, -0.2) is 15.9 Å². The van der Waals surface area contributed by atoms with Gasteiger partial charge in [-0.25, -0.2) is 4.98 Å². The molecule has 2 aromatic rings. The van der Waals surface area contributed by atoms with Crippen LogP contribution in [-0.2, 0) is 6.42 Å². The lowest BCUT2D eigenvalue weighted by atomic mass is 10.1. The van der Waals surface area contributed by atoms with Crippen molar-refractivity contribution in [3.05, 3.63) is 52.6 Å². The molecule has 19 heavy (non-hydrogen) atoms. The van der Waals surface area contributed by atoms with Gasteiger partial charge in [0.25, 0.3) is 0 Å². The predicted octanol–water partition coefficient (Wildman–Crippen LogP) is 3.02. The zero-order chi connectivity index (χ0) is 13.7. The molecule has 0 saturated carbocycles. The molecule has 100 valence electrons. The third-order valence-corrected chi connectivity index (χ3v) is 2.77. The topological polar surface area (TPSA) is 81.2 Å². The van der Waals surface area contributed by atoms with E-state index in [0.717, 1.165) is 18.6 Å². The van der Waals surface area contributed by atoms with Crippen LogP contribution in [0.5, 0.6) is 0 Å². The molecule has 0 amide bonds. The molecule has 2 rings (SSSR count). The van der Waals surface area contributed by atoms with Gasteiger partial charge >= 0.3 is 5.69 Å². The lowest BCUT2D eigenvalue weighted by Crippen LogP contribution is -2.17. The minimum absolute atomic E-state index is 0.00708. The summed E-state index contributed by atoms with van der Waals surface area (Å²) >= 11 is 0. The summed E-state index contributed by atoms with van der Waals surface area (Å²) in [6.07, 6.45) is 4.76. The molecule has 2 heterocycles. The number of furan rings is 1. The molecule has 0 radical (unpaired) electrons. The van der Waals surface area contributed by atoms with Crippen LogP contribution in [0.15, 0.2) is 41.1 Å². The van der Waals surface area contributed by atoms with Crippen molar-refractivity contribution in [3.8, 4) is 0 Å². The van der Waals surface area contributed by atoms with Gasteiger partial charge in [-0.15, -0.1) is 0 Å². The maximum Gasteiger partial charge on any atom is 0.311 e. The molecular weight excluding hydrogens is 246 g/mol. The summed E-state index contributed by atoms with van der Waals surface area (Å²) in [4.78, 5) is 14.4. The van der Waals surface area contributed by atoms with Gasteiger partial charge in [-0.1, -0.05) is 0 Å². The molecule has 0 aliphatic carbocycles. The Morgan fingerprint density at radius 2 is 2.32 bits per heavy atom. The summed E-state index contributed by atoms with van der Waals surface area (Å²) in [5.74, 6) is 1.21. The first-order chi connectivity index (χ1) is 9.16. The zero-order valence-electron chi connectivity index (χ0n) is 10.6. The quantitative estimate of drug-likeness (QED) is 0.638. The van der Waals surface area contributed by atoms with Crippen LogP contribution in [0, 0.1) is 10.1 Å². The van der Waals surface area contributed by atoms with E-state index in [-0.39, 0.29) is 11.7 Å². The molecule has 0 bridgehead atoms. The van der Waals surface area contributed by atoms with E-state index in [1.54, 1.807) is 12.3 Å². The molecular formula is C13H15N3O3. The number of hydrogen-bond donors (Lipinski definition) is 1. The third-order valence-electron chi connectivity index (χ3n) is 2.77. The third kappa shape index (κ3) is 3.54. The van der Waals surface area contributed by atoms with Crippen molar-refractivity contribution >= 4 is 11.5 Å². The van der Waals surface area contributed by atoms with E-state index in [1.807, 2.05) is 19.1 Å². The van der Waals surface area contributed by atoms with Gasteiger partial charge in [0.15, 0.2) is 0 Å². The standard InChI is InChI=1S/C13H15N3O3/c1-10(6-7-11-4-3-9-19-11)15-13-12(16(17)18)5-2-8-14-13/h2-5,8-10H,6-7H2,1H3,(H,14,15). The molecule has 0 aliphatic rings. The predicted molar refractivity (Wildman–Crippen MR) is 71.0 cm³/mol. The fraction of sp³-hybridized carbons (Fsp3) is 0.308. The number of hydrogen-bond acceptors (Lipinski definition) is 5. The Hall–Kier alpha value is -2.37. The fourth-order valence-electron chi connectivity index (χ4n) is 1.77. The highest BCUT2D eigenvalue weighted by molar-refractivity contribution is 5.55. The first kappa shape index (κ1) is 13.1. The van der Waals surface area contributed by atoms with E-state index < -0.39 is 4.92 Å². The molecule has 2 aromatic heterocycles. The first-order valence-corrected chi connectivity index (χ1v) is 6.05. The SMILES string of the molecule is CC(CCc1ccco1)Nc1ncccc1[N+](=O)[O-]. The number of aryl methyl sites for hydroxylation is 1. The Morgan fingerprint density at radius 3 is 3.00 bits per heavy atom. The number of nitro groups is 1. The highest BCUT2D eigenvalue weighted by Crippen LogP contribution is 2.21. The smallest absolute Gasteiger partial charge is 0.311 e.